The highest BCUT2D eigenvalue weighted by Crippen LogP contribution is 2.43. The third kappa shape index (κ3) is 2.06. The van der Waals surface area contributed by atoms with Gasteiger partial charge in [-0.2, -0.15) is 11.8 Å². The molecule has 16 heavy (non-hydrogen) atoms. The van der Waals surface area contributed by atoms with E-state index in [0.29, 0.717) is 0 Å². The second-order valence-electron chi connectivity index (χ2n) is 5.60. The van der Waals surface area contributed by atoms with Gasteiger partial charge in [-0.15, -0.1) is 0 Å². The van der Waals surface area contributed by atoms with Crippen molar-refractivity contribution in [3.05, 3.63) is 12.2 Å². The lowest BCUT2D eigenvalue weighted by atomic mass is 9.71. The zero-order chi connectivity index (χ0) is 11.0. The summed E-state index contributed by atoms with van der Waals surface area (Å²) in [7, 11) is 0. The van der Waals surface area contributed by atoms with E-state index in [9.17, 15) is 0 Å². The van der Waals surface area contributed by atoms with Crippen LogP contribution < -0.4 is 5.32 Å². The minimum atomic E-state index is 0.819. The molecule has 0 aromatic rings. The Kier molecular flexibility index (Phi) is 3.30. The highest BCUT2D eigenvalue weighted by molar-refractivity contribution is 7.99. The molecular weight excluding hydrogens is 214 g/mol. The average Bonchev–Trinajstić information content (AvgIpc) is 2.82. The van der Waals surface area contributed by atoms with E-state index >= 15 is 0 Å². The summed E-state index contributed by atoms with van der Waals surface area (Å²) in [5.41, 5.74) is 0. The van der Waals surface area contributed by atoms with Gasteiger partial charge in [-0.05, 0) is 49.7 Å². The summed E-state index contributed by atoms with van der Waals surface area (Å²) < 4.78 is 0. The zero-order valence-electron chi connectivity index (χ0n) is 10.2. The lowest BCUT2D eigenvalue weighted by Crippen LogP contribution is -2.51. The summed E-state index contributed by atoms with van der Waals surface area (Å²) in [4.78, 5) is 0. The van der Waals surface area contributed by atoms with Gasteiger partial charge in [0.1, 0.15) is 0 Å². The number of fused-ring (bicyclic) bond motifs is 1. The van der Waals surface area contributed by atoms with Gasteiger partial charge in [-0.3, -0.25) is 0 Å². The van der Waals surface area contributed by atoms with Gasteiger partial charge < -0.3 is 5.32 Å². The van der Waals surface area contributed by atoms with Crippen LogP contribution in [-0.4, -0.2) is 23.1 Å². The highest BCUT2D eigenvalue weighted by Gasteiger charge is 2.42. The van der Waals surface area contributed by atoms with Crippen LogP contribution in [-0.2, 0) is 0 Å². The van der Waals surface area contributed by atoms with Crippen LogP contribution >= 0.6 is 11.8 Å². The molecule has 1 N–H and O–H groups in total. The minimum Gasteiger partial charge on any atom is -0.311 e. The van der Waals surface area contributed by atoms with E-state index in [1.54, 1.807) is 0 Å². The predicted octanol–water partition coefficient (Wildman–Crippen LogP) is 3.21. The maximum absolute atomic E-state index is 3.91. The number of allylic oxidation sites excluding steroid dienone is 1. The Morgan fingerprint density at radius 1 is 1.31 bits per heavy atom. The molecule has 2 saturated carbocycles. The second kappa shape index (κ2) is 4.73. The Labute approximate surface area is 103 Å². The van der Waals surface area contributed by atoms with Crippen molar-refractivity contribution in [2.75, 3.05) is 5.75 Å². The van der Waals surface area contributed by atoms with Crippen molar-refractivity contribution in [1.29, 1.82) is 0 Å². The molecule has 5 atom stereocenters. The predicted molar refractivity (Wildman–Crippen MR) is 71.8 cm³/mol. The Balaban J connectivity index is 1.44. The van der Waals surface area contributed by atoms with Crippen LogP contribution in [0.4, 0.5) is 0 Å². The first-order valence-electron chi connectivity index (χ1n) is 6.91. The Bertz CT molecular complexity index is 276. The van der Waals surface area contributed by atoms with Crippen molar-refractivity contribution in [3.8, 4) is 0 Å². The van der Waals surface area contributed by atoms with Crippen LogP contribution in [0.5, 0.6) is 0 Å². The molecular formula is C14H23NS. The first-order chi connectivity index (χ1) is 7.86. The molecule has 0 saturated heterocycles. The van der Waals surface area contributed by atoms with E-state index in [0.717, 1.165) is 29.2 Å². The molecule has 0 aromatic carbocycles. The lowest BCUT2D eigenvalue weighted by molar-refractivity contribution is 0.150. The van der Waals surface area contributed by atoms with E-state index in [1.165, 1.54) is 37.9 Å². The molecule has 3 rings (SSSR count). The number of hydrogen-bond acceptors (Lipinski definition) is 2. The summed E-state index contributed by atoms with van der Waals surface area (Å²) in [6.45, 7) is 2.28. The highest BCUT2D eigenvalue weighted by atomic mass is 32.2. The number of nitrogens with one attached hydrogen (secondary N) is 1. The van der Waals surface area contributed by atoms with Gasteiger partial charge >= 0.3 is 0 Å². The minimum absolute atomic E-state index is 0.819. The first-order valence-corrected chi connectivity index (χ1v) is 7.96. The smallest absolute Gasteiger partial charge is 0.0138 e. The molecule has 2 heteroatoms. The van der Waals surface area contributed by atoms with Gasteiger partial charge in [0.05, 0.1) is 0 Å². The normalized spacial score (nSPS) is 45.7. The van der Waals surface area contributed by atoms with Crippen molar-refractivity contribution in [3.63, 3.8) is 0 Å². The van der Waals surface area contributed by atoms with E-state index < -0.39 is 0 Å². The fourth-order valence-corrected chi connectivity index (χ4v) is 4.83. The molecule has 0 spiro atoms. The van der Waals surface area contributed by atoms with Crippen molar-refractivity contribution in [2.24, 2.45) is 11.8 Å². The zero-order valence-corrected chi connectivity index (χ0v) is 11.0. The SMILES string of the molecule is CCSC1CCC(NC2CC3CC=CC32)C1. The van der Waals surface area contributed by atoms with Crippen molar-refractivity contribution in [2.45, 2.75) is 56.4 Å². The number of rotatable bonds is 4. The number of hydrogen-bond donors (Lipinski definition) is 1. The molecule has 3 aliphatic rings. The van der Waals surface area contributed by atoms with Crippen LogP contribution in [0.1, 0.15) is 39.0 Å². The Morgan fingerprint density at radius 3 is 3.06 bits per heavy atom. The van der Waals surface area contributed by atoms with Crippen molar-refractivity contribution in [1.82, 2.24) is 5.32 Å². The molecule has 0 aliphatic heterocycles. The number of thioether (sulfide) groups is 1. The first kappa shape index (κ1) is 11.2. The maximum Gasteiger partial charge on any atom is 0.0138 e. The van der Waals surface area contributed by atoms with Crippen LogP contribution in [0.2, 0.25) is 0 Å². The van der Waals surface area contributed by atoms with E-state index in [2.05, 4.69) is 36.2 Å². The van der Waals surface area contributed by atoms with E-state index in [4.69, 9.17) is 0 Å². The summed E-state index contributed by atoms with van der Waals surface area (Å²) in [5.74, 6) is 3.17. The monoisotopic (exact) mass is 237 g/mol. The standard InChI is InChI=1S/C14H23NS/c1-2-16-12-7-6-11(9-12)15-14-8-10-4-3-5-13(10)14/h3,5,10-15H,2,4,6-9H2,1H3. The fraction of sp³-hybridized carbons (Fsp3) is 0.857. The largest absolute Gasteiger partial charge is 0.311 e. The maximum atomic E-state index is 3.91. The molecule has 2 fully saturated rings. The molecule has 0 aromatic heterocycles. The fourth-order valence-electron chi connectivity index (χ4n) is 3.69. The summed E-state index contributed by atoms with van der Waals surface area (Å²) in [6, 6.07) is 1.64. The van der Waals surface area contributed by atoms with Gasteiger partial charge in [0.2, 0.25) is 0 Å². The van der Waals surface area contributed by atoms with Gasteiger partial charge in [0, 0.05) is 17.3 Å². The average molecular weight is 237 g/mol. The molecule has 0 amide bonds. The van der Waals surface area contributed by atoms with Crippen molar-refractivity contribution < 1.29 is 0 Å². The summed E-state index contributed by atoms with van der Waals surface area (Å²) >= 11 is 2.16. The quantitative estimate of drug-likeness (QED) is 0.754. The topological polar surface area (TPSA) is 12.0 Å². The molecule has 0 radical (unpaired) electrons. The Morgan fingerprint density at radius 2 is 2.25 bits per heavy atom. The third-order valence-electron chi connectivity index (χ3n) is 4.60. The molecule has 5 unspecified atom stereocenters. The molecule has 3 aliphatic carbocycles. The van der Waals surface area contributed by atoms with Crippen LogP contribution in [0.15, 0.2) is 12.2 Å². The van der Waals surface area contributed by atoms with Gasteiger partial charge in [-0.1, -0.05) is 19.1 Å². The summed E-state index contributed by atoms with van der Waals surface area (Å²) in [6.07, 6.45) is 11.9. The molecule has 90 valence electrons. The lowest BCUT2D eigenvalue weighted by Gasteiger charge is -2.42. The van der Waals surface area contributed by atoms with Gasteiger partial charge in [0.15, 0.2) is 0 Å². The van der Waals surface area contributed by atoms with Crippen molar-refractivity contribution >= 4 is 11.8 Å². The van der Waals surface area contributed by atoms with E-state index in [1.807, 2.05) is 0 Å². The second-order valence-corrected chi connectivity index (χ2v) is 7.17. The Hall–Kier alpha value is 0.0500. The van der Waals surface area contributed by atoms with Crippen LogP contribution in [0, 0.1) is 11.8 Å². The molecule has 1 nitrogen and oxygen atoms in total. The molecule has 0 bridgehead atoms. The molecule has 0 heterocycles. The third-order valence-corrected chi connectivity index (χ3v) is 5.83. The van der Waals surface area contributed by atoms with Gasteiger partial charge in [0.25, 0.3) is 0 Å². The van der Waals surface area contributed by atoms with Crippen LogP contribution in [0.3, 0.4) is 0 Å². The van der Waals surface area contributed by atoms with Gasteiger partial charge in [-0.25, -0.2) is 0 Å². The summed E-state index contributed by atoms with van der Waals surface area (Å²) in [5, 5.41) is 4.85. The van der Waals surface area contributed by atoms with Crippen LogP contribution in [0.25, 0.3) is 0 Å². The van der Waals surface area contributed by atoms with E-state index in [-0.39, 0.29) is 0 Å².